The number of hydrogen-bond acceptors (Lipinski definition) is 4. The first kappa shape index (κ1) is 25.1. The minimum Gasteiger partial charge on any atom is -0.486 e. The Morgan fingerprint density at radius 1 is 1.00 bits per heavy atom. The Hall–Kier alpha value is -4.01. The van der Waals surface area contributed by atoms with E-state index in [0.717, 1.165) is 23.9 Å². The normalized spacial score (nSPS) is 11.4. The fraction of sp³-hybridized carbons (Fsp3) is 0.259. The molecule has 0 unspecified atom stereocenters. The van der Waals surface area contributed by atoms with E-state index in [1.165, 1.54) is 12.1 Å². The standard InChI is InChI=1S/C27H26F3N3O3/c1-2-3-15-31-26(34)20-11-14-24-23(16-20)32-25(18-35-21-7-5-4-6-8-21)33(24)17-19-9-12-22(13-10-19)36-27(28,29)30/h4-14,16H,2-3,15,17-18H2,1H3,(H,31,34). The van der Waals surface area contributed by atoms with Crippen LogP contribution in [0.4, 0.5) is 13.2 Å². The molecule has 0 fully saturated rings. The van der Waals surface area contributed by atoms with Crippen LogP contribution in [0, 0.1) is 0 Å². The summed E-state index contributed by atoms with van der Waals surface area (Å²) in [6.07, 6.45) is -2.86. The second-order valence-corrected chi connectivity index (χ2v) is 8.22. The maximum Gasteiger partial charge on any atom is 0.573 e. The third-order valence-corrected chi connectivity index (χ3v) is 5.51. The van der Waals surface area contributed by atoms with Gasteiger partial charge in [-0.25, -0.2) is 4.98 Å². The zero-order chi connectivity index (χ0) is 25.5. The number of rotatable bonds is 10. The number of unbranched alkanes of at least 4 members (excludes halogenated alkanes) is 1. The van der Waals surface area contributed by atoms with Gasteiger partial charge in [-0.05, 0) is 54.4 Å². The van der Waals surface area contributed by atoms with Crippen molar-refractivity contribution in [3.8, 4) is 11.5 Å². The molecule has 0 aliphatic rings. The highest BCUT2D eigenvalue weighted by atomic mass is 19.4. The van der Waals surface area contributed by atoms with Crippen molar-refractivity contribution in [2.45, 2.75) is 39.3 Å². The number of halogens is 3. The number of nitrogens with one attached hydrogen (secondary N) is 1. The van der Waals surface area contributed by atoms with Crippen molar-refractivity contribution in [3.05, 3.63) is 89.7 Å². The Labute approximate surface area is 206 Å². The molecule has 0 bridgehead atoms. The van der Waals surface area contributed by atoms with Crippen LogP contribution in [0.25, 0.3) is 11.0 Å². The summed E-state index contributed by atoms with van der Waals surface area (Å²) in [5.41, 5.74) is 2.67. The van der Waals surface area contributed by atoms with E-state index < -0.39 is 6.36 Å². The van der Waals surface area contributed by atoms with Crippen LogP contribution in [0.3, 0.4) is 0 Å². The molecule has 188 valence electrons. The molecule has 1 N–H and O–H groups in total. The highest BCUT2D eigenvalue weighted by Gasteiger charge is 2.31. The molecule has 1 amide bonds. The van der Waals surface area contributed by atoms with Gasteiger partial charge >= 0.3 is 6.36 Å². The molecule has 1 heterocycles. The maximum absolute atomic E-state index is 12.5. The lowest BCUT2D eigenvalue weighted by Crippen LogP contribution is -2.24. The van der Waals surface area contributed by atoms with Gasteiger partial charge in [0.2, 0.25) is 0 Å². The zero-order valence-corrected chi connectivity index (χ0v) is 19.7. The number of hydrogen-bond donors (Lipinski definition) is 1. The third kappa shape index (κ3) is 6.56. The SMILES string of the molecule is CCCCNC(=O)c1ccc2c(c1)nc(COc1ccccc1)n2Cc1ccc(OC(F)(F)F)cc1. The van der Waals surface area contributed by atoms with E-state index in [1.807, 2.05) is 41.0 Å². The lowest BCUT2D eigenvalue weighted by molar-refractivity contribution is -0.274. The van der Waals surface area contributed by atoms with Crippen LogP contribution >= 0.6 is 0 Å². The molecular formula is C27H26F3N3O3. The molecule has 6 nitrogen and oxygen atoms in total. The topological polar surface area (TPSA) is 65.4 Å². The molecule has 3 aromatic carbocycles. The van der Waals surface area contributed by atoms with Gasteiger partial charge in [0.05, 0.1) is 11.0 Å². The van der Waals surface area contributed by atoms with Gasteiger partial charge in [0, 0.05) is 18.7 Å². The van der Waals surface area contributed by atoms with E-state index in [9.17, 15) is 18.0 Å². The summed E-state index contributed by atoms with van der Waals surface area (Å²) in [6, 6.07) is 20.3. The fourth-order valence-electron chi connectivity index (χ4n) is 3.73. The molecule has 0 radical (unpaired) electrons. The Morgan fingerprint density at radius 3 is 2.44 bits per heavy atom. The number of alkyl halides is 3. The molecular weight excluding hydrogens is 471 g/mol. The molecule has 0 aliphatic heterocycles. The number of aromatic nitrogens is 2. The summed E-state index contributed by atoms with van der Waals surface area (Å²) in [7, 11) is 0. The Bertz CT molecular complexity index is 1300. The molecule has 0 saturated carbocycles. The number of amides is 1. The number of fused-ring (bicyclic) bond motifs is 1. The van der Waals surface area contributed by atoms with E-state index in [1.54, 1.807) is 24.3 Å². The van der Waals surface area contributed by atoms with E-state index in [0.29, 0.717) is 35.7 Å². The number of carbonyl (C=O) groups excluding carboxylic acids is 1. The summed E-state index contributed by atoms with van der Waals surface area (Å²) in [6.45, 7) is 3.18. The van der Waals surface area contributed by atoms with Crippen molar-refractivity contribution in [1.82, 2.24) is 14.9 Å². The van der Waals surface area contributed by atoms with Crippen LogP contribution in [0.2, 0.25) is 0 Å². The predicted molar refractivity (Wildman–Crippen MR) is 130 cm³/mol. The van der Waals surface area contributed by atoms with Gasteiger partial charge in [-0.2, -0.15) is 0 Å². The molecule has 9 heteroatoms. The zero-order valence-electron chi connectivity index (χ0n) is 19.7. The summed E-state index contributed by atoms with van der Waals surface area (Å²) in [5, 5.41) is 2.90. The van der Waals surface area contributed by atoms with E-state index in [2.05, 4.69) is 17.0 Å². The first-order valence-electron chi connectivity index (χ1n) is 11.6. The first-order valence-corrected chi connectivity index (χ1v) is 11.6. The Balaban J connectivity index is 1.61. The fourth-order valence-corrected chi connectivity index (χ4v) is 3.73. The molecule has 0 saturated heterocycles. The van der Waals surface area contributed by atoms with E-state index >= 15 is 0 Å². The Morgan fingerprint density at radius 2 is 1.75 bits per heavy atom. The quantitative estimate of drug-likeness (QED) is 0.269. The summed E-state index contributed by atoms with van der Waals surface area (Å²) in [4.78, 5) is 17.2. The summed E-state index contributed by atoms with van der Waals surface area (Å²) in [5.74, 6) is 0.851. The molecule has 4 aromatic rings. The molecule has 36 heavy (non-hydrogen) atoms. The molecule has 0 aliphatic carbocycles. The van der Waals surface area contributed by atoms with Crippen molar-refractivity contribution in [1.29, 1.82) is 0 Å². The lowest BCUT2D eigenvalue weighted by atomic mass is 10.1. The summed E-state index contributed by atoms with van der Waals surface area (Å²) < 4.78 is 49.3. The number of benzene rings is 3. The van der Waals surface area contributed by atoms with Gasteiger partial charge in [0.15, 0.2) is 0 Å². The average Bonchev–Trinajstić information content (AvgIpc) is 3.20. The minimum absolute atomic E-state index is 0.165. The van der Waals surface area contributed by atoms with E-state index in [-0.39, 0.29) is 18.3 Å². The van der Waals surface area contributed by atoms with Gasteiger partial charge in [-0.1, -0.05) is 43.7 Å². The molecule has 0 spiro atoms. The van der Waals surface area contributed by atoms with Crippen LogP contribution in [-0.4, -0.2) is 28.4 Å². The van der Waals surface area contributed by atoms with Crippen LogP contribution in [0.15, 0.2) is 72.8 Å². The van der Waals surface area contributed by atoms with Crippen LogP contribution < -0.4 is 14.8 Å². The number of ether oxygens (including phenoxy) is 2. The second kappa shape index (κ2) is 11.2. The Kier molecular flexibility index (Phi) is 7.77. The number of nitrogens with zero attached hydrogens (tertiary/aromatic N) is 2. The number of para-hydroxylation sites is 1. The summed E-state index contributed by atoms with van der Waals surface area (Å²) >= 11 is 0. The van der Waals surface area contributed by atoms with Crippen molar-refractivity contribution in [2.75, 3.05) is 6.54 Å². The first-order chi connectivity index (χ1) is 17.3. The van der Waals surface area contributed by atoms with Crippen LogP contribution in [0.5, 0.6) is 11.5 Å². The highest BCUT2D eigenvalue weighted by molar-refractivity contribution is 5.97. The van der Waals surface area contributed by atoms with Crippen molar-refractivity contribution in [2.24, 2.45) is 0 Å². The predicted octanol–water partition coefficient (Wildman–Crippen LogP) is 6.09. The van der Waals surface area contributed by atoms with Crippen molar-refractivity contribution in [3.63, 3.8) is 0 Å². The molecule has 0 atom stereocenters. The molecule has 1 aromatic heterocycles. The van der Waals surface area contributed by atoms with Gasteiger partial charge < -0.3 is 19.4 Å². The minimum atomic E-state index is -4.75. The number of imidazole rings is 1. The van der Waals surface area contributed by atoms with Crippen LogP contribution in [-0.2, 0) is 13.2 Å². The van der Waals surface area contributed by atoms with Gasteiger partial charge in [-0.15, -0.1) is 13.2 Å². The van der Waals surface area contributed by atoms with Gasteiger partial charge in [-0.3, -0.25) is 4.79 Å². The van der Waals surface area contributed by atoms with E-state index in [4.69, 9.17) is 9.72 Å². The van der Waals surface area contributed by atoms with Crippen molar-refractivity contribution >= 4 is 16.9 Å². The average molecular weight is 498 g/mol. The highest BCUT2D eigenvalue weighted by Crippen LogP contribution is 2.25. The third-order valence-electron chi connectivity index (χ3n) is 5.51. The van der Waals surface area contributed by atoms with Crippen LogP contribution in [0.1, 0.15) is 41.5 Å². The maximum atomic E-state index is 12.5. The van der Waals surface area contributed by atoms with Gasteiger partial charge in [0.25, 0.3) is 5.91 Å². The smallest absolute Gasteiger partial charge is 0.486 e. The largest absolute Gasteiger partial charge is 0.573 e. The second-order valence-electron chi connectivity index (χ2n) is 8.22. The molecule has 4 rings (SSSR count). The number of carbonyl (C=O) groups is 1. The lowest BCUT2D eigenvalue weighted by Gasteiger charge is -2.12. The van der Waals surface area contributed by atoms with Gasteiger partial charge in [0.1, 0.15) is 23.9 Å². The van der Waals surface area contributed by atoms with Crippen molar-refractivity contribution < 1.29 is 27.4 Å². The monoisotopic (exact) mass is 497 g/mol.